The fourth-order valence-electron chi connectivity index (χ4n) is 1.75. The Balaban J connectivity index is 2.63. The number of nitrogens with one attached hydrogen (secondary N) is 1. The average Bonchev–Trinajstić information content (AvgIpc) is 2.36. The molecule has 0 saturated heterocycles. The van der Waals surface area contributed by atoms with E-state index in [1.807, 2.05) is 25.1 Å². The molecule has 20 heavy (non-hydrogen) atoms. The smallest absolute Gasteiger partial charge is 0.150 e. The molecule has 0 unspecified atom stereocenters. The highest BCUT2D eigenvalue weighted by molar-refractivity contribution is 7.90. The van der Waals surface area contributed by atoms with Crippen LogP contribution in [-0.4, -0.2) is 47.3 Å². The Bertz CT molecular complexity index is 514. The molecular weight excluding hydrogens is 278 g/mol. The van der Waals surface area contributed by atoms with E-state index in [0.717, 1.165) is 23.4 Å². The summed E-state index contributed by atoms with van der Waals surface area (Å²) >= 11 is 0. The van der Waals surface area contributed by atoms with Gasteiger partial charge in [0, 0.05) is 32.0 Å². The van der Waals surface area contributed by atoms with Crippen molar-refractivity contribution in [2.24, 2.45) is 0 Å². The van der Waals surface area contributed by atoms with Crippen LogP contribution in [0.4, 0.5) is 0 Å². The lowest BCUT2D eigenvalue weighted by atomic mass is 10.1. The number of sulfone groups is 1. The van der Waals surface area contributed by atoms with E-state index in [1.54, 1.807) is 7.11 Å². The third-order valence-electron chi connectivity index (χ3n) is 2.79. The molecule has 114 valence electrons. The molecule has 0 aromatic heterocycles. The number of benzene rings is 1. The van der Waals surface area contributed by atoms with Gasteiger partial charge in [-0.05, 0) is 12.5 Å². The van der Waals surface area contributed by atoms with Crippen molar-refractivity contribution >= 4 is 9.84 Å². The molecule has 0 bridgehead atoms. The van der Waals surface area contributed by atoms with E-state index in [1.165, 1.54) is 6.26 Å². The number of aryl methyl sites for hydroxylation is 1. The summed E-state index contributed by atoms with van der Waals surface area (Å²) < 4.78 is 32.9. The molecular formula is C14H23NO4S. The normalized spacial score (nSPS) is 11.6. The standard InChI is InChI=1S/C14H23NO4S/c1-12-5-4-6-13(11-15-7-8-18-2)14(12)19-9-10-20(3,16)17/h4-6,15H,7-11H2,1-3H3. The number of rotatable bonds is 9. The summed E-state index contributed by atoms with van der Waals surface area (Å²) in [4.78, 5) is 0. The van der Waals surface area contributed by atoms with Gasteiger partial charge in [0.15, 0.2) is 9.84 Å². The minimum atomic E-state index is -3.00. The van der Waals surface area contributed by atoms with Gasteiger partial charge in [-0.15, -0.1) is 0 Å². The maximum atomic E-state index is 11.1. The number of hydrogen-bond acceptors (Lipinski definition) is 5. The third kappa shape index (κ3) is 6.36. The zero-order valence-electron chi connectivity index (χ0n) is 12.3. The molecule has 1 aromatic carbocycles. The molecule has 0 aliphatic rings. The van der Waals surface area contributed by atoms with Crippen molar-refractivity contribution in [1.82, 2.24) is 5.32 Å². The highest BCUT2D eigenvalue weighted by atomic mass is 32.2. The fraction of sp³-hybridized carbons (Fsp3) is 0.571. The van der Waals surface area contributed by atoms with Crippen LogP contribution < -0.4 is 10.1 Å². The Kier molecular flexibility index (Phi) is 6.98. The van der Waals surface area contributed by atoms with Gasteiger partial charge in [-0.1, -0.05) is 18.2 Å². The molecule has 1 N–H and O–H groups in total. The average molecular weight is 301 g/mol. The van der Waals surface area contributed by atoms with Crippen LogP contribution in [0.2, 0.25) is 0 Å². The Labute approximate surface area is 121 Å². The predicted octanol–water partition coefficient (Wildman–Crippen LogP) is 1.15. The van der Waals surface area contributed by atoms with Gasteiger partial charge in [0.05, 0.1) is 12.4 Å². The number of methoxy groups -OCH3 is 1. The number of ether oxygens (including phenoxy) is 2. The van der Waals surface area contributed by atoms with Crippen molar-refractivity contribution in [2.45, 2.75) is 13.5 Å². The molecule has 6 heteroatoms. The second-order valence-corrected chi connectivity index (χ2v) is 6.97. The highest BCUT2D eigenvalue weighted by Crippen LogP contribution is 2.23. The van der Waals surface area contributed by atoms with Crippen LogP contribution in [0.25, 0.3) is 0 Å². The lowest BCUT2D eigenvalue weighted by Gasteiger charge is -2.14. The molecule has 0 atom stereocenters. The largest absolute Gasteiger partial charge is 0.492 e. The Morgan fingerprint density at radius 2 is 2.00 bits per heavy atom. The maximum Gasteiger partial charge on any atom is 0.150 e. The van der Waals surface area contributed by atoms with Gasteiger partial charge in [-0.25, -0.2) is 8.42 Å². The molecule has 0 amide bonds. The number of hydrogen-bond donors (Lipinski definition) is 1. The van der Waals surface area contributed by atoms with Gasteiger partial charge in [-0.3, -0.25) is 0 Å². The topological polar surface area (TPSA) is 64.6 Å². The van der Waals surface area contributed by atoms with Crippen molar-refractivity contribution in [3.8, 4) is 5.75 Å². The summed E-state index contributed by atoms with van der Waals surface area (Å²) in [6.45, 7) is 4.20. The predicted molar refractivity (Wildman–Crippen MR) is 80.0 cm³/mol. The van der Waals surface area contributed by atoms with Crippen LogP contribution in [0.1, 0.15) is 11.1 Å². The molecule has 0 aliphatic carbocycles. The maximum absolute atomic E-state index is 11.1. The summed E-state index contributed by atoms with van der Waals surface area (Å²) in [5.74, 6) is 0.791. The zero-order chi connectivity index (χ0) is 15.0. The van der Waals surface area contributed by atoms with Crippen molar-refractivity contribution < 1.29 is 17.9 Å². The zero-order valence-corrected chi connectivity index (χ0v) is 13.1. The van der Waals surface area contributed by atoms with E-state index in [9.17, 15) is 8.42 Å². The van der Waals surface area contributed by atoms with E-state index < -0.39 is 9.84 Å². The molecule has 1 rings (SSSR count). The van der Waals surface area contributed by atoms with Crippen LogP contribution in [0, 0.1) is 6.92 Å². The van der Waals surface area contributed by atoms with Gasteiger partial charge in [-0.2, -0.15) is 0 Å². The van der Waals surface area contributed by atoms with Crippen LogP contribution in [-0.2, 0) is 21.1 Å². The molecule has 5 nitrogen and oxygen atoms in total. The van der Waals surface area contributed by atoms with Crippen LogP contribution in [0.3, 0.4) is 0 Å². The van der Waals surface area contributed by atoms with E-state index in [-0.39, 0.29) is 12.4 Å². The third-order valence-corrected chi connectivity index (χ3v) is 3.70. The molecule has 0 aliphatic heterocycles. The SMILES string of the molecule is COCCNCc1cccc(C)c1OCCS(C)(=O)=O. The van der Waals surface area contributed by atoms with Gasteiger partial charge >= 0.3 is 0 Å². The minimum Gasteiger partial charge on any atom is -0.492 e. The summed E-state index contributed by atoms with van der Waals surface area (Å²) in [6, 6.07) is 5.89. The molecule has 0 radical (unpaired) electrons. The quantitative estimate of drug-likeness (QED) is 0.693. The first-order valence-corrected chi connectivity index (χ1v) is 8.59. The lowest BCUT2D eigenvalue weighted by molar-refractivity contribution is 0.199. The van der Waals surface area contributed by atoms with Gasteiger partial charge < -0.3 is 14.8 Å². The lowest BCUT2D eigenvalue weighted by Crippen LogP contribution is -2.20. The van der Waals surface area contributed by atoms with Crippen molar-refractivity contribution in [3.63, 3.8) is 0 Å². The number of para-hydroxylation sites is 1. The van der Waals surface area contributed by atoms with E-state index in [4.69, 9.17) is 9.47 Å². The van der Waals surface area contributed by atoms with Gasteiger partial charge in [0.2, 0.25) is 0 Å². The monoisotopic (exact) mass is 301 g/mol. The first-order valence-electron chi connectivity index (χ1n) is 6.52. The van der Waals surface area contributed by atoms with E-state index >= 15 is 0 Å². The van der Waals surface area contributed by atoms with E-state index in [2.05, 4.69) is 5.32 Å². The summed E-state index contributed by atoms with van der Waals surface area (Å²) in [5, 5.41) is 3.25. The highest BCUT2D eigenvalue weighted by Gasteiger charge is 2.08. The first kappa shape index (κ1) is 16.9. The second kappa shape index (κ2) is 8.24. The van der Waals surface area contributed by atoms with Crippen LogP contribution >= 0.6 is 0 Å². The molecule has 1 aromatic rings. The van der Waals surface area contributed by atoms with Crippen molar-refractivity contribution in [3.05, 3.63) is 29.3 Å². The minimum absolute atomic E-state index is 0.0257. The summed E-state index contributed by atoms with van der Waals surface area (Å²) in [6.07, 6.45) is 1.21. The molecule has 0 saturated carbocycles. The van der Waals surface area contributed by atoms with Gasteiger partial charge in [0.1, 0.15) is 12.4 Å². The van der Waals surface area contributed by atoms with Crippen molar-refractivity contribution in [2.75, 3.05) is 38.9 Å². The Hall–Kier alpha value is -1.11. The Morgan fingerprint density at radius 1 is 1.25 bits per heavy atom. The molecule has 0 spiro atoms. The second-order valence-electron chi connectivity index (χ2n) is 4.71. The molecule has 0 fully saturated rings. The molecule has 0 heterocycles. The fourth-order valence-corrected chi connectivity index (χ4v) is 2.14. The van der Waals surface area contributed by atoms with E-state index in [0.29, 0.717) is 13.2 Å². The van der Waals surface area contributed by atoms with Crippen molar-refractivity contribution in [1.29, 1.82) is 0 Å². The Morgan fingerprint density at radius 3 is 2.65 bits per heavy atom. The summed E-state index contributed by atoms with van der Waals surface area (Å²) in [5.41, 5.74) is 2.03. The summed E-state index contributed by atoms with van der Waals surface area (Å²) in [7, 11) is -1.34. The van der Waals surface area contributed by atoms with Crippen LogP contribution in [0.5, 0.6) is 5.75 Å². The first-order chi connectivity index (χ1) is 9.44. The van der Waals surface area contributed by atoms with Crippen LogP contribution in [0.15, 0.2) is 18.2 Å². The van der Waals surface area contributed by atoms with Gasteiger partial charge in [0.25, 0.3) is 0 Å².